The lowest BCUT2D eigenvalue weighted by Gasteiger charge is -2.39. The van der Waals surface area contributed by atoms with Gasteiger partial charge in [0.2, 0.25) is 0 Å². The van der Waals surface area contributed by atoms with E-state index in [4.69, 9.17) is 4.74 Å². The molecule has 1 aliphatic rings. The number of rotatable bonds is 3. The van der Waals surface area contributed by atoms with Crippen LogP contribution in [0.2, 0.25) is 0 Å². The maximum atomic E-state index is 5.94. The molecule has 2 atom stereocenters. The predicted molar refractivity (Wildman–Crippen MR) is 60.5 cm³/mol. The molecule has 0 aromatic heterocycles. The van der Waals surface area contributed by atoms with E-state index in [0.29, 0.717) is 18.2 Å². The standard InChI is InChI=1S/C12H25NO/c1-9(2)6-12-8-13(10(3)4)7-11(5)14-12/h9-12H,6-8H2,1-5H3. The Labute approximate surface area is 88.6 Å². The summed E-state index contributed by atoms with van der Waals surface area (Å²) in [6.45, 7) is 13.5. The average Bonchev–Trinajstić information content (AvgIpc) is 2.01. The van der Waals surface area contributed by atoms with E-state index in [9.17, 15) is 0 Å². The lowest BCUT2D eigenvalue weighted by Crippen LogP contribution is -2.49. The van der Waals surface area contributed by atoms with Gasteiger partial charge in [-0.05, 0) is 33.1 Å². The van der Waals surface area contributed by atoms with Gasteiger partial charge in [0.15, 0.2) is 0 Å². The molecule has 0 amide bonds. The van der Waals surface area contributed by atoms with Crippen molar-refractivity contribution in [2.24, 2.45) is 5.92 Å². The molecule has 0 aromatic rings. The van der Waals surface area contributed by atoms with E-state index >= 15 is 0 Å². The minimum Gasteiger partial charge on any atom is -0.373 e. The average molecular weight is 199 g/mol. The number of morpholine rings is 1. The summed E-state index contributed by atoms with van der Waals surface area (Å²) in [5.41, 5.74) is 0. The van der Waals surface area contributed by atoms with Crippen LogP contribution >= 0.6 is 0 Å². The molecule has 0 aliphatic carbocycles. The number of hydrogen-bond donors (Lipinski definition) is 0. The molecular formula is C12H25NO. The van der Waals surface area contributed by atoms with Gasteiger partial charge in [-0.3, -0.25) is 4.90 Å². The molecule has 1 fully saturated rings. The van der Waals surface area contributed by atoms with Crippen molar-refractivity contribution < 1.29 is 4.74 Å². The monoisotopic (exact) mass is 199 g/mol. The fourth-order valence-corrected chi connectivity index (χ4v) is 2.16. The van der Waals surface area contributed by atoms with Crippen LogP contribution in [0.15, 0.2) is 0 Å². The van der Waals surface area contributed by atoms with Gasteiger partial charge in [-0.1, -0.05) is 13.8 Å². The highest BCUT2D eigenvalue weighted by atomic mass is 16.5. The fourth-order valence-electron chi connectivity index (χ4n) is 2.16. The Morgan fingerprint density at radius 1 is 1.21 bits per heavy atom. The summed E-state index contributed by atoms with van der Waals surface area (Å²) < 4.78 is 5.94. The van der Waals surface area contributed by atoms with Crippen molar-refractivity contribution >= 4 is 0 Å². The summed E-state index contributed by atoms with van der Waals surface area (Å²) >= 11 is 0. The second-order valence-corrected chi connectivity index (χ2v) is 5.25. The molecule has 0 aromatic carbocycles. The minimum absolute atomic E-state index is 0.398. The van der Waals surface area contributed by atoms with E-state index in [-0.39, 0.29) is 0 Å². The molecule has 2 nitrogen and oxygen atoms in total. The zero-order valence-corrected chi connectivity index (χ0v) is 10.3. The van der Waals surface area contributed by atoms with Gasteiger partial charge in [-0.15, -0.1) is 0 Å². The highest BCUT2D eigenvalue weighted by Crippen LogP contribution is 2.18. The zero-order chi connectivity index (χ0) is 10.7. The lowest BCUT2D eigenvalue weighted by atomic mass is 10.0. The molecule has 2 heteroatoms. The zero-order valence-electron chi connectivity index (χ0n) is 10.3. The Kier molecular flexibility index (Phi) is 4.39. The van der Waals surface area contributed by atoms with Crippen LogP contribution in [0.1, 0.15) is 41.0 Å². The van der Waals surface area contributed by atoms with Gasteiger partial charge in [0, 0.05) is 19.1 Å². The topological polar surface area (TPSA) is 12.5 Å². The molecule has 84 valence electrons. The number of ether oxygens (including phenoxy) is 1. The van der Waals surface area contributed by atoms with E-state index in [1.807, 2.05) is 0 Å². The van der Waals surface area contributed by atoms with Crippen molar-refractivity contribution in [2.75, 3.05) is 13.1 Å². The van der Waals surface area contributed by atoms with Crippen molar-refractivity contribution in [3.05, 3.63) is 0 Å². The summed E-state index contributed by atoms with van der Waals surface area (Å²) in [4.78, 5) is 2.53. The summed E-state index contributed by atoms with van der Waals surface area (Å²) in [5, 5.41) is 0. The largest absolute Gasteiger partial charge is 0.373 e. The third-order valence-electron chi connectivity index (χ3n) is 2.82. The lowest BCUT2D eigenvalue weighted by molar-refractivity contribution is -0.0914. The van der Waals surface area contributed by atoms with Crippen LogP contribution in [0.5, 0.6) is 0 Å². The first-order valence-electron chi connectivity index (χ1n) is 5.88. The molecule has 0 saturated carbocycles. The first-order chi connectivity index (χ1) is 6.49. The SMILES string of the molecule is CC(C)CC1CN(C(C)C)CC(C)O1. The van der Waals surface area contributed by atoms with Crippen LogP contribution in [0.25, 0.3) is 0 Å². The highest BCUT2D eigenvalue weighted by molar-refractivity contribution is 4.78. The quantitative estimate of drug-likeness (QED) is 0.692. The normalized spacial score (nSPS) is 30.2. The van der Waals surface area contributed by atoms with Crippen molar-refractivity contribution in [3.63, 3.8) is 0 Å². The van der Waals surface area contributed by atoms with Gasteiger partial charge in [0.25, 0.3) is 0 Å². The Bertz CT molecular complexity index is 166. The summed E-state index contributed by atoms with van der Waals surface area (Å²) in [6.07, 6.45) is 2.03. The van der Waals surface area contributed by atoms with E-state index < -0.39 is 0 Å². The highest BCUT2D eigenvalue weighted by Gasteiger charge is 2.26. The van der Waals surface area contributed by atoms with Gasteiger partial charge in [-0.25, -0.2) is 0 Å². The Balaban J connectivity index is 2.45. The molecule has 1 saturated heterocycles. The van der Waals surface area contributed by atoms with Crippen LogP contribution in [0.4, 0.5) is 0 Å². The summed E-state index contributed by atoms with van der Waals surface area (Å²) in [5.74, 6) is 0.735. The van der Waals surface area contributed by atoms with Gasteiger partial charge in [0.1, 0.15) is 0 Å². The van der Waals surface area contributed by atoms with Crippen LogP contribution in [0, 0.1) is 5.92 Å². The third kappa shape index (κ3) is 3.58. The van der Waals surface area contributed by atoms with Crippen LogP contribution in [-0.4, -0.2) is 36.2 Å². The van der Waals surface area contributed by atoms with E-state index in [1.165, 1.54) is 6.42 Å². The van der Waals surface area contributed by atoms with Gasteiger partial charge >= 0.3 is 0 Å². The molecule has 1 rings (SSSR count). The van der Waals surface area contributed by atoms with E-state index in [2.05, 4.69) is 39.5 Å². The third-order valence-corrected chi connectivity index (χ3v) is 2.82. The fraction of sp³-hybridized carbons (Fsp3) is 1.00. The molecule has 0 radical (unpaired) electrons. The van der Waals surface area contributed by atoms with Crippen molar-refractivity contribution in [2.45, 2.75) is 59.3 Å². The molecule has 14 heavy (non-hydrogen) atoms. The van der Waals surface area contributed by atoms with Crippen molar-refractivity contribution in [1.82, 2.24) is 4.90 Å². The molecule has 1 heterocycles. The van der Waals surface area contributed by atoms with E-state index in [0.717, 1.165) is 19.0 Å². The number of nitrogens with zero attached hydrogens (tertiary/aromatic N) is 1. The molecule has 1 aliphatic heterocycles. The van der Waals surface area contributed by atoms with Crippen LogP contribution in [-0.2, 0) is 4.74 Å². The van der Waals surface area contributed by atoms with Crippen LogP contribution < -0.4 is 0 Å². The Hall–Kier alpha value is -0.0800. The molecule has 0 bridgehead atoms. The van der Waals surface area contributed by atoms with Gasteiger partial charge in [0.05, 0.1) is 12.2 Å². The summed E-state index contributed by atoms with van der Waals surface area (Å²) in [6, 6.07) is 0.649. The first-order valence-corrected chi connectivity index (χ1v) is 5.88. The maximum Gasteiger partial charge on any atom is 0.0708 e. The molecule has 0 N–H and O–H groups in total. The van der Waals surface area contributed by atoms with Gasteiger partial charge in [-0.2, -0.15) is 0 Å². The van der Waals surface area contributed by atoms with E-state index in [1.54, 1.807) is 0 Å². The second kappa shape index (κ2) is 5.13. The molecule has 2 unspecified atom stereocenters. The molecular weight excluding hydrogens is 174 g/mol. The predicted octanol–water partition coefficient (Wildman–Crippen LogP) is 2.53. The Morgan fingerprint density at radius 2 is 1.86 bits per heavy atom. The summed E-state index contributed by atoms with van der Waals surface area (Å²) in [7, 11) is 0. The molecule has 0 spiro atoms. The first kappa shape index (κ1) is 12.0. The van der Waals surface area contributed by atoms with Crippen molar-refractivity contribution in [1.29, 1.82) is 0 Å². The van der Waals surface area contributed by atoms with Crippen LogP contribution in [0.3, 0.4) is 0 Å². The minimum atomic E-state index is 0.398. The second-order valence-electron chi connectivity index (χ2n) is 5.25. The number of hydrogen-bond acceptors (Lipinski definition) is 2. The van der Waals surface area contributed by atoms with Crippen molar-refractivity contribution in [3.8, 4) is 0 Å². The maximum absolute atomic E-state index is 5.94. The van der Waals surface area contributed by atoms with Gasteiger partial charge < -0.3 is 4.74 Å². The Morgan fingerprint density at radius 3 is 2.36 bits per heavy atom. The smallest absolute Gasteiger partial charge is 0.0708 e.